The maximum absolute atomic E-state index is 13.2. The van der Waals surface area contributed by atoms with Gasteiger partial charge in [-0.1, -0.05) is 26.0 Å². The molecule has 0 saturated heterocycles. The van der Waals surface area contributed by atoms with Crippen molar-refractivity contribution in [3.05, 3.63) is 58.3 Å². The molecule has 4 nitrogen and oxygen atoms in total. The first kappa shape index (κ1) is 25.9. The van der Waals surface area contributed by atoms with Crippen LogP contribution in [0.25, 0.3) is 0 Å². The first-order valence-electron chi connectivity index (χ1n) is 8.60. The Morgan fingerprint density at radius 3 is 1.93 bits per heavy atom. The summed E-state index contributed by atoms with van der Waals surface area (Å²) in [6, 6.07) is 6.35. The van der Waals surface area contributed by atoms with Crippen molar-refractivity contribution in [2.24, 2.45) is 0 Å². The van der Waals surface area contributed by atoms with Crippen molar-refractivity contribution in [2.75, 3.05) is 12.4 Å². The van der Waals surface area contributed by atoms with Crippen LogP contribution in [0.2, 0.25) is 0 Å². The van der Waals surface area contributed by atoms with E-state index in [1.807, 2.05) is 13.8 Å². The zero-order chi connectivity index (χ0) is 23.2. The fourth-order valence-electron chi connectivity index (χ4n) is 2.51. The van der Waals surface area contributed by atoms with Crippen molar-refractivity contribution in [2.45, 2.75) is 38.2 Å². The number of pyridine rings is 1. The summed E-state index contributed by atoms with van der Waals surface area (Å²) in [7, 11) is 0.335. The van der Waals surface area contributed by atoms with Gasteiger partial charge in [0.05, 0.1) is 6.42 Å². The lowest BCUT2D eigenvalue weighted by Gasteiger charge is -2.36. The Morgan fingerprint density at radius 1 is 1.00 bits per heavy atom. The van der Waals surface area contributed by atoms with Gasteiger partial charge in [-0.05, 0) is 40.2 Å². The molecular formula is C19H19BrF6N2O2. The predicted octanol–water partition coefficient (Wildman–Crippen LogP) is 6.02. The minimum absolute atomic E-state index is 0.0280. The molecule has 1 aromatic carbocycles. The minimum Gasteiger partial charge on any atom is -0.357 e. The molecule has 0 saturated carbocycles. The second kappa shape index (κ2) is 10.3. The number of anilines is 1. The molecule has 0 aliphatic heterocycles. The zero-order valence-corrected chi connectivity index (χ0v) is 17.7. The molecule has 0 unspecified atom stereocenters. The fraction of sp³-hybridized carbons (Fsp3) is 0.368. The number of carbonyl (C=O) groups is 1. The van der Waals surface area contributed by atoms with E-state index in [-0.39, 0.29) is 12.1 Å². The summed E-state index contributed by atoms with van der Waals surface area (Å²) in [6.45, 7) is 4.00. The number of hydrogen-bond donors (Lipinski definition) is 1. The number of nitrogens with zero attached hydrogens (tertiary/aromatic N) is 1. The van der Waals surface area contributed by atoms with E-state index in [0.717, 1.165) is 12.1 Å². The number of aromatic nitrogens is 1. The quantitative estimate of drug-likeness (QED) is 0.511. The highest BCUT2D eigenvalue weighted by atomic mass is 79.9. The van der Waals surface area contributed by atoms with Crippen LogP contribution in [0.4, 0.5) is 32.0 Å². The fourth-order valence-corrected chi connectivity index (χ4v) is 2.74. The number of halogens is 7. The lowest BCUT2D eigenvalue weighted by atomic mass is 9.91. The van der Waals surface area contributed by atoms with Crippen LogP contribution in [0.3, 0.4) is 0 Å². The Kier molecular flexibility index (Phi) is 8.85. The van der Waals surface area contributed by atoms with E-state index in [0.29, 0.717) is 29.4 Å². The minimum atomic E-state index is -5.74. The van der Waals surface area contributed by atoms with Crippen molar-refractivity contribution >= 4 is 27.5 Å². The Hall–Kier alpha value is -2.14. The smallest absolute Gasteiger partial charge is 0.357 e. The number of nitrogens with one attached hydrogen (secondary N) is 1. The van der Waals surface area contributed by atoms with Crippen LogP contribution in [0, 0.1) is 0 Å². The Bertz CT molecular complexity index is 807. The molecule has 0 aliphatic carbocycles. The molecule has 2 rings (SSSR count). The van der Waals surface area contributed by atoms with E-state index in [1.54, 1.807) is 12.1 Å². The van der Waals surface area contributed by atoms with Crippen molar-refractivity contribution in [1.82, 2.24) is 4.98 Å². The van der Waals surface area contributed by atoms with Gasteiger partial charge >= 0.3 is 12.4 Å². The molecule has 11 heteroatoms. The summed E-state index contributed by atoms with van der Waals surface area (Å²) >= 11 is 3.19. The van der Waals surface area contributed by atoms with Gasteiger partial charge in [0.25, 0.3) is 5.60 Å². The van der Waals surface area contributed by atoms with Gasteiger partial charge < -0.3 is 10.1 Å². The van der Waals surface area contributed by atoms with E-state index in [1.165, 1.54) is 6.20 Å². The molecular weight excluding hydrogens is 482 g/mol. The molecule has 0 spiro atoms. The number of methoxy groups -OCH3 is 1. The topological polar surface area (TPSA) is 51.2 Å². The van der Waals surface area contributed by atoms with Gasteiger partial charge in [0, 0.05) is 34.7 Å². The number of hydrogen-bond acceptors (Lipinski definition) is 3. The van der Waals surface area contributed by atoms with Gasteiger partial charge in [-0.3, -0.25) is 9.78 Å². The van der Waals surface area contributed by atoms with Gasteiger partial charge in [-0.15, -0.1) is 0 Å². The van der Waals surface area contributed by atoms with Crippen molar-refractivity contribution < 1.29 is 35.9 Å². The van der Waals surface area contributed by atoms with Gasteiger partial charge in [-0.2, -0.15) is 26.3 Å². The summed E-state index contributed by atoms with van der Waals surface area (Å²) in [6.07, 6.45) is -10.1. The standard InChI is InChI=1S/C17H13BrF6N2O2.C2H6/c1-28-15(16(19,20)21,17(22,23)24)10-2-5-12(6-3-10)26-14(27)8-13-7-4-11(18)9-25-13;1-2/h2-7,9H,8H2,1H3,(H,26,27);1-2H3. The van der Waals surface area contributed by atoms with E-state index in [4.69, 9.17) is 0 Å². The molecule has 1 heterocycles. The highest BCUT2D eigenvalue weighted by Gasteiger charge is 2.72. The number of rotatable bonds is 5. The molecule has 0 bridgehead atoms. The average Bonchev–Trinajstić information content (AvgIpc) is 2.65. The maximum Gasteiger partial charge on any atom is 0.430 e. The third-order valence-corrected chi connectivity index (χ3v) is 4.28. The average molecular weight is 501 g/mol. The molecule has 2 aromatic rings. The zero-order valence-electron chi connectivity index (χ0n) is 16.2. The monoisotopic (exact) mass is 500 g/mol. The molecule has 166 valence electrons. The van der Waals surface area contributed by atoms with Crippen LogP contribution >= 0.6 is 15.9 Å². The Balaban J connectivity index is 0.00000218. The molecule has 1 amide bonds. The normalized spacial score (nSPS) is 12.1. The van der Waals surface area contributed by atoms with Crippen LogP contribution in [0.15, 0.2) is 47.1 Å². The molecule has 1 aromatic heterocycles. The summed E-state index contributed by atoms with van der Waals surface area (Å²) in [4.78, 5) is 16.0. The summed E-state index contributed by atoms with van der Waals surface area (Å²) < 4.78 is 83.9. The van der Waals surface area contributed by atoms with Crippen LogP contribution in [-0.4, -0.2) is 30.4 Å². The van der Waals surface area contributed by atoms with Crippen molar-refractivity contribution in [1.29, 1.82) is 0 Å². The number of ether oxygens (including phenoxy) is 1. The largest absolute Gasteiger partial charge is 0.430 e. The van der Waals surface area contributed by atoms with Gasteiger partial charge in [0.2, 0.25) is 5.91 Å². The van der Waals surface area contributed by atoms with Gasteiger partial charge in [0.1, 0.15) is 0 Å². The lowest BCUT2D eigenvalue weighted by Crippen LogP contribution is -2.55. The third kappa shape index (κ3) is 5.72. The van der Waals surface area contributed by atoms with E-state index >= 15 is 0 Å². The van der Waals surface area contributed by atoms with Crippen molar-refractivity contribution in [3.63, 3.8) is 0 Å². The maximum atomic E-state index is 13.2. The second-order valence-corrected chi connectivity index (χ2v) is 6.57. The molecule has 1 N–H and O–H groups in total. The first-order valence-corrected chi connectivity index (χ1v) is 9.39. The van der Waals surface area contributed by atoms with E-state index < -0.39 is 29.4 Å². The molecule has 0 atom stereocenters. The van der Waals surface area contributed by atoms with Gasteiger partial charge in [0.15, 0.2) is 0 Å². The van der Waals surface area contributed by atoms with E-state index in [2.05, 4.69) is 31.0 Å². The van der Waals surface area contributed by atoms with Crippen LogP contribution in [-0.2, 0) is 21.6 Å². The molecule has 0 radical (unpaired) electrons. The predicted molar refractivity (Wildman–Crippen MR) is 103 cm³/mol. The van der Waals surface area contributed by atoms with Crippen molar-refractivity contribution in [3.8, 4) is 0 Å². The molecule has 0 aliphatic rings. The first-order chi connectivity index (χ1) is 13.9. The summed E-state index contributed by atoms with van der Waals surface area (Å²) in [5.74, 6) is -0.535. The number of amides is 1. The molecule has 30 heavy (non-hydrogen) atoms. The molecule has 0 fully saturated rings. The highest BCUT2D eigenvalue weighted by molar-refractivity contribution is 9.10. The summed E-state index contributed by atoms with van der Waals surface area (Å²) in [5, 5.41) is 2.39. The van der Waals surface area contributed by atoms with Crippen LogP contribution in [0.1, 0.15) is 25.1 Å². The van der Waals surface area contributed by atoms with Crippen LogP contribution < -0.4 is 5.32 Å². The Labute approximate surface area is 177 Å². The lowest BCUT2D eigenvalue weighted by molar-refractivity contribution is -0.383. The van der Waals surface area contributed by atoms with Gasteiger partial charge in [-0.25, -0.2) is 0 Å². The van der Waals surface area contributed by atoms with E-state index in [9.17, 15) is 31.1 Å². The SMILES string of the molecule is CC.COC(c1ccc(NC(=O)Cc2ccc(Br)cn2)cc1)(C(F)(F)F)C(F)(F)F. The second-order valence-electron chi connectivity index (χ2n) is 5.65. The number of benzene rings is 1. The third-order valence-electron chi connectivity index (χ3n) is 3.81. The van der Waals surface area contributed by atoms with Crippen LogP contribution in [0.5, 0.6) is 0 Å². The highest BCUT2D eigenvalue weighted by Crippen LogP contribution is 2.52. The summed E-state index contributed by atoms with van der Waals surface area (Å²) in [5.41, 5.74) is -5.16. The number of carbonyl (C=O) groups excluding carboxylic acids is 1. The Morgan fingerprint density at radius 2 is 1.53 bits per heavy atom. The number of alkyl halides is 6.